The molecule has 2 aliphatic rings. The molecule has 0 unspecified atom stereocenters. The predicted molar refractivity (Wildman–Crippen MR) is 84.5 cm³/mol. The summed E-state index contributed by atoms with van der Waals surface area (Å²) in [5.41, 5.74) is 3.01. The molecule has 0 amide bonds. The second kappa shape index (κ2) is 6.47. The average molecular weight is 289 g/mol. The van der Waals surface area contributed by atoms with Crippen LogP contribution >= 0.6 is 0 Å². The molecule has 21 heavy (non-hydrogen) atoms. The summed E-state index contributed by atoms with van der Waals surface area (Å²) < 4.78 is 5.55. The summed E-state index contributed by atoms with van der Waals surface area (Å²) in [5, 5.41) is 13.0. The third kappa shape index (κ3) is 3.47. The number of aryl methyl sites for hydroxylation is 1. The van der Waals surface area contributed by atoms with Crippen LogP contribution in [-0.4, -0.2) is 37.5 Å². The fourth-order valence-corrected chi connectivity index (χ4v) is 3.65. The lowest BCUT2D eigenvalue weighted by atomic mass is 9.74. The van der Waals surface area contributed by atoms with Gasteiger partial charge in [0.2, 0.25) is 0 Å². The van der Waals surface area contributed by atoms with Gasteiger partial charge in [-0.1, -0.05) is 29.8 Å². The van der Waals surface area contributed by atoms with E-state index in [-0.39, 0.29) is 12.0 Å². The van der Waals surface area contributed by atoms with Crippen LogP contribution < -0.4 is 5.32 Å². The molecular weight excluding hydrogens is 262 g/mol. The fourth-order valence-electron chi connectivity index (χ4n) is 3.65. The molecule has 116 valence electrons. The molecule has 1 aliphatic carbocycles. The Labute approximate surface area is 127 Å². The smallest absolute Gasteiger partial charge is 0.0536 e. The minimum absolute atomic E-state index is 0.170. The van der Waals surface area contributed by atoms with Gasteiger partial charge in [-0.3, -0.25) is 0 Å². The van der Waals surface area contributed by atoms with Crippen LogP contribution in [0.5, 0.6) is 0 Å². The highest BCUT2D eigenvalue weighted by atomic mass is 16.5. The van der Waals surface area contributed by atoms with Crippen LogP contribution in [0.3, 0.4) is 0 Å². The third-order valence-corrected chi connectivity index (χ3v) is 5.24. The molecule has 1 saturated heterocycles. The quantitative estimate of drug-likeness (QED) is 0.846. The van der Waals surface area contributed by atoms with Gasteiger partial charge in [0.25, 0.3) is 0 Å². The van der Waals surface area contributed by atoms with Gasteiger partial charge >= 0.3 is 0 Å². The van der Waals surface area contributed by atoms with Crippen LogP contribution in [0.15, 0.2) is 24.3 Å². The molecule has 3 rings (SSSR count). The van der Waals surface area contributed by atoms with E-state index in [0.29, 0.717) is 6.04 Å². The van der Waals surface area contributed by atoms with Crippen LogP contribution in [0.2, 0.25) is 0 Å². The lowest BCUT2D eigenvalue weighted by Crippen LogP contribution is -2.46. The van der Waals surface area contributed by atoms with Gasteiger partial charge in [-0.15, -0.1) is 0 Å². The van der Waals surface area contributed by atoms with Gasteiger partial charge in [0.05, 0.1) is 6.61 Å². The van der Waals surface area contributed by atoms with Crippen molar-refractivity contribution in [3.05, 3.63) is 35.4 Å². The van der Waals surface area contributed by atoms with E-state index in [1.165, 1.54) is 24.0 Å². The number of rotatable bonds is 6. The Hall–Kier alpha value is -0.900. The molecule has 1 aromatic carbocycles. The molecular formula is C18H27NO2. The SMILES string of the molecule is Cc1cccc(C2CC(NC[C@@]3(CCO)CCOC3)C2)c1. The number of aliphatic hydroxyl groups is 1. The lowest BCUT2D eigenvalue weighted by molar-refractivity contribution is 0.116. The standard InChI is InChI=1S/C18H27NO2/c1-14-3-2-4-15(9-14)16-10-17(11-16)19-12-18(5-7-20)6-8-21-13-18/h2-4,9,16-17,19-20H,5-8,10-13H2,1H3/t16?,17?,18-/m1/s1. The van der Waals surface area contributed by atoms with Gasteiger partial charge in [-0.2, -0.15) is 0 Å². The van der Waals surface area contributed by atoms with Crippen LogP contribution in [0.1, 0.15) is 42.7 Å². The monoisotopic (exact) mass is 289 g/mol. The van der Waals surface area contributed by atoms with Crippen LogP contribution in [0.25, 0.3) is 0 Å². The first kappa shape index (κ1) is 15.0. The predicted octanol–water partition coefficient (Wildman–Crippen LogP) is 2.62. The van der Waals surface area contributed by atoms with E-state index in [2.05, 4.69) is 36.5 Å². The van der Waals surface area contributed by atoms with E-state index in [9.17, 15) is 5.11 Å². The summed E-state index contributed by atoms with van der Waals surface area (Å²) in [7, 11) is 0. The van der Waals surface area contributed by atoms with Gasteiger partial charge in [-0.05, 0) is 44.1 Å². The van der Waals surface area contributed by atoms with Crippen LogP contribution in [0.4, 0.5) is 0 Å². The number of nitrogens with one attached hydrogen (secondary N) is 1. The number of benzene rings is 1. The second-order valence-corrected chi connectivity index (χ2v) is 6.94. The first-order chi connectivity index (χ1) is 10.2. The molecule has 1 aliphatic heterocycles. The Kier molecular flexibility index (Phi) is 4.63. The van der Waals surface area contributed by atoms with Crippen molar-refractivity contribution < 1.29 is 9.84 Å². The van der Waals surface area contributed by atoms with E-state index in [0.717, 1.165) is 38.5 Å². The van der Waals surface area contributed by atoms with Crippen molar-refractivity contribution in [1.82, 2.24) is 5.32 Å². The number of hydrogen-bond donors (Lipinski definition) is 2. The highest BCUT2D eigenvalue weighted by molar-refractivity contribution is 5.27. The molecule has 1 saturated carbocycles. The van der Waals surface area contributed by atoms with E-state index >= 15 is 0 Å². The zero-order valence-electron chi connectivity index (χ0n) is 13.0. The van der Waals surface area contributed by atoms with Crippen LogP contribution in [-0.2, 0) is 4.74 Å². The normalized spacial score (nSPS) is 32.1. The second-order valence-electron chi connectivity index (χ2n) is 6.94. The summed E-state index contributed by atoms with van der Waals surface area (Å²) in [4.78, 5) is 0. The molecule has 1 heterocycles. The average Bonchev–Trinajstić information content (AvgIpc) is 2.86. The molecule has 0 radical (unpaired) electrons. The molecule has 2 fully saturated rings. The van der Waals surface area contributed by atoms with Crippen molar-refractivity contribution in [2.24, 2.45) is 5.41 Å². The van der Waals surface area contributed by atoms with E-state index in [4.69, 9.17) is 4.74 Å². The van der Waals surface area contributed by atoms with Gasteiger partial charge in [0.1, 0.15) is 0 Å². The molecule has 3 heteroatoms. The molecule has 2 N–H and O–H groups in total. The van der Waals surface area contributed by atoms with Crippen molar-refractivity contribution in [3.63, 3.8) is 0 Å². The summed E-state index contributed by atoms with van der Waals surface area (Å²) >= 11 is 0. The molecule has 3 nitrogen and oxygen atoms in total. The van der Waals surface area contributed by atoms with Crippen LogP contribution in [0, 0.1) is 12.3 Å². The maximum Gasteiger partial charge on any atom is 0.0536 e. The zero-order valence-corrected chi connectivity index (χ0v) is 13.0. The highest BCUT2D eigenvalue weighted by Crippen LogP contribution is 2.38. The van der Waals surface area contributed by atoms with Crippen molar-refractivity contribution in [1.29, 1.82) is 0 Å². The summed E-state index contributed by atoms with van der Waals surface area (Å²) in [6, 6.07) is 9.53. The molecule has 0 spiro atoms. The number of aliphatic hydroxyl groups excluding tert-OH is 1. The summed E-state index contributed by atoms with van der Waals surface area (Å²) in [6.07, 6.45) is 4.40. The maximum atomic E-state index is 9.26. The van der Waals surface area contributed by atoms with E-state index < -0.39 is 0 Å². The van der Waals surface area contributed by atoms with E-state index in [1.807, 2.05) is 0 Å². The molecule has 1 atom stereocenters. The molecule has 0 aromatic heterocycles. The molecule has 0 bridgehead atoms. The topological polar surface area (TPSA) is 41.5 Å². The minimum Gasteiger partial charge on any atom is -0.396 e. The Bertz CT molecular complexity index is 462. The Morgan fingerprint density at radius 2 is 2.24 bits per heavy atom. The van der Waals surface area contributed by atoms with Gasteiger partial charge in [0, 0.05) is 31.2 Å². The van der Waals surface area contributed by atoms with Crippen molar-refractivity contribution in [3.8, 4) is 0 Å². The Morgan fingerprint density at radius 1 is 1.38 bits per heavy atom. The first-order valence-electron chi connectivity index (χ1n) is 8.19. The van der Waals surface area contributed by atoms with E-state index in [1.54, 1.807) is 0 Å². The first-order valence-corrected chi connectivity index (χ1v) is 8.19. The van der Waals surface area contributed by atoms with Crippen molar-refractivity contribution >= 4 is 0 Å². The minimum atomic E-state index is 0.170. The van der Waals surface area contributed by atoms with Crippen molar-refractivity contribution in [2.75, 3.05) is 26.4 Å². The third-order valence-electron chi connectivity index (χ3n) is 5.24. The Morgan fingerprint density at radius 3 is 2.90 bits per heavy atom. The van der Waals surface area contributed by atoms with Gasteiger partial charge in [0.15, 0.2) is 0 Å². The van der Waals surface area contributed by atoms with Gasteiger partial charge < -0.3 is 15.2 Å². The molecule has 1 aromatic rings. The number of hydrogen-bond acceptors (Lipinski definition) is 3. The lowest BCUT2D eigenvalue weighted by Gasteiger charge is -2.39. The van der Waals surface area contributed by atoms with Gasteiger partial charge in [-0.25, -0.2) is 0 Å². The zero-order chi connectivity index (χ0) is 14.7. The largest absolute Gasteiger partial charge is 0.396 e. The number of ether oxygens (including phenoxy) is 1. The fraction of sp³-hybridized carbons (Fsp3) is 0.667. The summed E-state index contributed by atoms with van der Waals surface area (Å²) in [5.74, 6) is 0.719. The maximum absolute atomic E-state index is 9.26. The van der Waals surface area contributed by atoms with Crippen molar-refractivity contribution in [2.45, 2.75) is 44.6 Å². The Balaban J connectivity index is 1.46. The highest BCUT2D eigenvalue weighted by Gasteiger charge is 2.37. The summed E-state index contributed by atoms with van der Waals surface area (Å²) in [6.45, 7) is 5.06.